The molecule has 0 spiro atoms. The van der Waals surface area contributed by atoms with Gasteiger partial charge in [-0.05, 0) is 48.7 Å². The SMILES string of the molecule is C=CC(=O)Nc1cncc(-c2cnc3c(c2)c(-c2cccc(C#N)c2)cn3C(C)OC(=O)[C@@H](N)[C@@H](C)CC)c1. The van der Waals surface area contributed by atoms with E-state index in [0.717, 1.165) is 34.1 Å². The number of carbonyl (C=O) groups is 2. The number of nitrogens with one attached hydrogen (secondary N) is 1. The smallest absolute Gasteiger partial charge is 0.325 e. The lowest BCUT2D eigenvalue weighted by molar-refractivity contribution is -0.155. The summed E-state index contributed by atoms with van der Waals surface area (Å²) in [4.78, 5) is 33.5. The summed E-state index contributed by atoms with van der Waals surface area (Å²) in [6.45, 7) is 9.13. The minimum Gasteiger partial charge on any atom is -0.440 e. The van der Waals surface area contributed by atoms with Gasteiger partial charge in [0.15, 0.2) is 6.23 Å². The first-order valence-corrected chi connectivity index (χ1v) is 12.6. The van der Waals surface area contributed by atoms with E-state index in [1.165, 1.54) is 6.08 Å². The van der Waals surface area contributed by atoms with E-state index in [0.29, 0.717) is 16.9 Å². The lowest BCUT2D eigenvalue weighted by atomic mass is 10.0. The number of fused-ring (bicyclic) bond motifs is 1. The Morgan fingerprint density at radius 2 is 1.95 bits per heavy atom. The number of ether oxygens (including phenoxy) is 1. The lowest BCUT2D eigenvalue weighted by Crippen LogP contribution is -2.38. The highest BCUT2D eigenvalue weighted by molar-refractivity contribution is 5.99. The van der Waals surface area contributed by atoms with Crippen molar-refractivity contribution in [3.05, 3.63) is 79.4 Å². The van der Waals surface area contributed by atoms with E-state index in [1.54, 1.807) is 48.3 Å². The van der Waals surface area contributed by atoms with Crippen LogP contribution in [-0.2, 0) is 14.3 Å². The van der Waals surface area contributed by atoms with E-state index in [1.807, 2.05) is 38.2 Å². The molecule has 0 bridgehead atoms. The molecule has 0 saturated carbocycles. The van der Waals surface area contributed by atoms with Crippen LogP contribution in [0, 0.1) is 17.2 Å². The van der Waals surface area contributed by atoms with E-state index in [4.69, 9.17) is 15.5 Å². The highest BCUT2D eigenvalue weighted by atomic mass is 16.6. The lowest BCUT2D eigenvalue weighted by Gasteiger charge is -2.21. The number of nitrogens with two attached hydrogens (primary N) is 1. The van der Waals surface area contributed by atoms with Crippen molar-refractivity contribution < 1.29 is 14.3 Å². The van der Waals surface area contributed by atoms with Crippen molar-refractivity contribution in [1.29, 1.82) is 5.26 Å². The number of aromatic nitrogens is 3. The number of benzene rings is 1. The van der Waals surface area contributed by atoms with Gasteiger partial charge in [-0.25, -0.2) is 4.98 Å². The van der Waals surface area contributed by atoms with Crippen LogP contribution in [-0.4, -0.2) is 32.5 Å². The monoisotopic (exact) mass is 522 g/mol. The van der Waals surface area contributed by atoms with Crippen molar-refractivity contribution in [2.75, 3.05) is 5.32 Å². The molecule has 0 aliphatic heterocycles. The molecule has 1 aromatic carbocycles. The molecule has 1 unspecified atom stereocenters. The Morgan fingerprint density at radius 3 is 2.67 bits per heavy atom. The Labute approximate surface area is 226 Å². The first-order chi connectivity index (χ1) is 18.7. The third-order valence-corrected chi connectivity index (χ3v) is 6.70. The summed E-state index contributed by atoms with van der Waals surface area (Å²) in [7, 11) is 0. The second-order valence-electron chi connectivity index (χ2n) is 9.34. The molecule has 198 valence electrons. The number of pyridine rings is 2. The summed E-state index contributed by atoms with van der Waals surface area (Å²) in [5.74, 6) is -0.833. The van der Waals surface area contributed by atoms with Crippen molar-refractivity contribution in [1.82, 2.24) is 14.5 Å². The maximum atomic E-state index is 12.7. The predicted octanol–water partition coefficient (Wildman–Crippen LogP) is 5.20. The van der Waals surface area contributed by atoms with Gasteiger partial charge in [0.25, 0.3) is 0 Å². The zero-order chi connectivity index (χ0) is 28.1. The number of hydrogen-bond donors (Lipinski definition) is 2. The zero-order valence-corrected chi connectivity index (χ0v) is 22.1. The molecule has 9 nitrogen and oxygen atoms in total. The largest absolute Gasteiger partial charge is 0.440 e. The molecule has 0 fully saturated rings. The van der Waals surface area contributed by atoms with Crippen LogP contribution in [0.3, 0.4) is 0 Å². The van der Waals surface area contributed by atoms with Gasteiger partial charge < -0.3 is 15.8 Å². The standard InChI is InChI=1S/C30H30N6O3/c1-5-18(3)28(32)30(38)39-19(4)36-17-26(21-9-7-8-20(10-21)13-31)25-12-23(15-34-29(25)36)22-11-24(16-33-14-22)35-27(37)6-2/h6-12,14-19,28H,2,5,32H2,1,3-4H3,(H,35,37)/t18-,19?,28-/m0/s1. The van der Waals surface area contributed by atoms with Crippen molar-refractivity contribution in [3.63, 3.8) is 0 Å². The first kappa shape index (κ1) is 27.2. The van der Waals surface area contributed by atoms with Gasteiger partial charge in [-0.15, -0.1) is 0 Å². The van der Waals surface area contributed by atoms with E-state index in [-0.39, 0.29) is 11.8 Å². The summed E-state index contributed by atoms with van der Waals surface area (Å²) in [5, 5.41) is 13.0. The molecular weight excluding hydrogens is 492 g/mol. The van der Waals surface area contributed by atoms with Crippen LogP contribution in [0.1, 0.15) is 39.0 Å². The molecule has 0 radical (unpaired) electrons. The predicted molar refractivity (Wildman–Crippen MR) is 150 cm³/mol. The summed E-state index contributed by atoms with van der Waals surface area (Å²) in [6, 6.07) is 12.5. The van der Waals surface area contributed by atoms with Crippen LogP contribution in [0.5, 0.6) is 0 Å². The van der Waals surface area contributed by atoms with Gasteiger partial charge in [-0.1, -0.05) is 39.0 Å². The van der Waals surface area contributed by atoms with Crippen molar-refractivity contribution in [2.45, 2.75) is 39.5 Å². The molecule has 3 heterocycles. The molecule has 0 saturated heterocycles. The minimum atomic E-state index is -0.730. The highest BCUT2D eigenvalue weighted by Crippen LogP contribution is 2.35. The molecular formula is C30H30N6O3. The number of esters is 1. The van der Waals surface area contributed by atoms with Gasteiger partial charge in [0.05, 0.1) is 23.5 Å². The molecule has 4 aromatic rings. The molecule has 9 heteroatoms. The maximum Gasteiger partial charge on any atom is 0.325 e. The van der Waals surface area contributed by atoms with E-state index in [9.17, 15) is 14.9 Å². The fraction of sp³-hybridized carbons (Fsp3) is 0.233. The topological polar surface area (TPSA) is 136 Å². The van der Waals surface area contributed by atoms with Crippen molar-refractivity contribution >= 4 is 28.6 Å². The normalized spacial score (nSPS) is 13.2. The molecule has 4 rings (SSSR count). The number of amides is 1. The van der Waals surface area contributed by atoms with Crippen LogP contribution in [0.15, 0.2) is 73.8 Å². The maximum absolute atomic E-state index is 12.7. The number of carbonyl (C=O) groups excluding carboxylic acids is 2. The summed E-state index contributed by atoms with van der Waals surface area (Å²) < 4.78 is 7.54. The number of anilines is 1. The second kappa shape index (κ2) is 11.7. The van der Waals surface area contributed by atoms with E-state index in [2.05, 4.69) is 22.9 Å². The van der Waals surface area contributed by atoms with Crippen molar-refractivity contribution in [2.24, 2.45) is 11.7 Å². The fourth-order valence-electron chi connectivity index (χ4n) is 4.20. The highest BCUT2D eigenvalue weighted by Gasteiger charge is 2.25. The Bertz CT molecular complexity index is 1590. The Balaban J connectivity index is 1.80. The Hall–Kier alpha value is -4.81. The van der Waals surface area contributed by atoms with Gasteiger partial charge in [-0.2, -0.15) is 5.26 Å². The molecule has 1 amide bonds. The van der Waals surface area contributed by atoms with Gasteiger partial charge in [0.2, 0.25) is 5.91 Å². The molecule has 3 atom stereocenters. The molecule has 0 aliphatic rings. The van der Waals surface area contributed by atoms with Crippen LogP contribution in [0.2, 0.25) is 0 Å². The summed E-state index contributed by atoms with van der Waals surface area (Å²) >= 11 is 0. The second-order valence-corrected chi connectivity index (χ2v) is 9.34. The Kier molecular flexibility index (Phi) is 8.18. The summed E-state index contributed by atoms with van der Waals surface area (Å²) in [5.41, 5.74) is 10.9. The van der Waals surface area contributed by atoms with E-state index < -0.39 is 18.2 Å². The van der Waals surface area contributed by atoms with Gasteiger partial charge in [0, 0.05) is 40.7 Å². The summed E-state index contributed by atoms with van der Waals surface area (Å²) in [6.07, 6.45) is 8.06. The van der Waals surface area contributed by atoms with Crippen LogP contribution >= 0.6 is 0 Å². The van der Waals surface area contributed by atoms with Crippen LogP contribution < -0.4 is 11.1 Å². The molecule has 3 aromatic heterocycles. The van der Waals surface area contributed by atoms with Gasteiger partial charge in [0.1, 0.15) is 11.7 Å². The Morgan fingerprint density at radius 1 is 1.18 bits per heavy atom. The van der Waals surface area contributed by atoms with Crippen LogP contribution in [0.4, 0.5) is 5.69 Å². The van der Waals surface area contributed by atoms with Gasteiger partial charge >= 0.3 is 5.97 Å². The average molecular weight is 523 g/mol. The van der Waals surface area contributed by atoms with E-state index >= 15 is 0 Å². The minimum absolute atomic E-state index is 0.0169. The first-order valence-electron chi connectivity index (χ1n) is 12.6. The van der Waals surface area contributed by atoms with Crippen molar-refractivity contribution in [3.8, 4) is 28.3 Å². The number of nitrogens with zero attached hydrogens (tertiary/aromatic N) is 4. The molecule has 0 aliphatic carbocycles. The third kappa shape index (κ3) is 5.87. The number of hydrogen-bond acceptors (Lipinski definition) is 7. The quantitative estimate of drug-likeness (QED) is 0.228. The zero-order valence-electron chi connectivity index (χ0n) is 22.1. The van der Waals surface area contributed by atoms with Crippen LogP contribution in [0.25, 0.3) is 33.3 Å². The fourth-order valence-corrected chi connectivity index (χ4v) is 4.20. The third-order valence-electron chi connectivity index (χ3n) is 6.70. The molecule has 39 heavy (non-hydrogen) atoms. The number of nitriles is 1. The average Bonchev–Trinajstić information content (AvgIpc) is 3.35. The number of rotatable bonds is 9. The molecule has 3 N–H and O–H groups in total. The van der Waals surface area contributed by atoms with Gasteiger partial charge in [-0.3, -0.25) is 19.1 Å².